The summed E-state index contributed by atoms with van der Waals surface area (Å²) in [6.45, 7) is 3.78. The lowest BCUT2D eigenvalue weighted by Gasteiger charge is -2.28. The average Bonchev–Trinajstić information content (AvgIpc) is 2.88. The van der Waals surface area contributed by atoms with Crippen molar-refractivity contribution in [3.8, 4) is 17.2 Å². The van der Waals surface area contributed by atoms with Crippen LogP contribution in [0.15, 0.2) is 78.9 Å². The number of morpholine rings is 1. The molecule has 170 valence electrons. The first-order valence-electron chi connectivity index (χ1n) is 11.0. The molecule has 6 heteroatoms. The molecule has 1 fully saturated rings. The van der Waals surface area contributed by atoms with Crippen molar-refractivity contribution < 1.29 is 19.0 Å². The molecule has 1 amide bonds. The molecule has 1 heterocycles. The monoisotopic (exact) mass is 444 g/mol. The van der Waals surface area contributed by atoms with Crippen LogP contribution < -0.4 is 19.7 Å². The lowest BCUT2D eigenvalue weighted by Crippen LogP contribution is -2.36. The lowest BCUT2D eigenvalue weighted by molar-refractivity contribution is -0.116. The zero-order chi connectivity index (χ0) is 22.9. The van der Waals surface area contributed by atoms with Gasteiger partial charge in [0.05, 0.1) is 20.3 Å². The van der Waals surface area contributed by atoms with E-state index in [1.807, 2.05) is 66.7 Å². The number of nitrogens with one attached hydrogen (secondary N) is 1. The molecule has 3 aromatic rings. The Bertz CT molecular complexity index is 1070. The molecule has 1 saturated heterocycles. The second kappa shape index (κ2) is 11.2. The van der Waals surface area contributed by atoms with Crippen LogP contribution >= 0.6 is 0 Å². The summed E-state index contributed by atoms with van der Waals surface area (Å²) in [5.41, 5.74) is 3.15. The number of benzene rings is 3. The first kappa shape index (κ1) is 22.4. The smallest absolute Gasteiger partial charge is 0.244 e. The fourth-order valence-corrected chi connectivity index (χ4v) is 3.54. The molecule has 0 bridgehead atoms. The third-order valence-electron chi connectivity index (χ3n) is 5.38. The quantitative estimate of drug-likeness (QED) is 0.513. The summed E-state index contributed by atoms with van der Waals surface area (Å²) in [5.74, 6) is 1.90. The van der Waals surface area contributed by atoms with Gasteiger partial charge in [-0.05, 0) is 53.6 Å². The van der Waals surface area contributed by atoms with E-state index in [0.717, 1.165) is 37.4 Å². The summed E-state index contributed by atoms with van der Waals surface area (Å²) in [6, 6.07) is 23.3. The number of nitrogens with zero attached hydrogens (tertiary/aromatic N) is 1. The predicted molar refractivity (Wildman–Crippen MR) is 130 cm³/mol. The van der Waals surface area contributed by atoms with Crippen LogP contribution in [0.2, 0.25) is 0 Å². The van der Waals surface area contributed by atoms with Gasteiger partial charge in [-0.1, -0.05) is 36.4 Å². The minimum Gasteiger partial charge on any atom is -0.493 e. The summed E-state index contributed by atoms with van der Waals surface area (Å²) in [6.07, 6.45) is 3.38. The van der Waals surface area contributed by atoms with Crippen LogP contribution in [0, 0.1) is 0 Å². The Morgan fingerprint density at radius 1 is 0.970 bits per heavy atom. The van der Waals surface area contributed by atoms with E-state index >= 15 is 0 Å². The number of carbonyl (C=O) groups is 1. The minimum absolute atomic E-state index is 0.137. The van der Waals surface area contributed by atoms with E-state index in [1.165, 1.54) is 5.69 Å². The van der Waals surface area contributed by atoms with E-state index in [1.54, 1.807) is 13.2 Å². The zero-order valence-corrected chi connectivity index (χ0v) is 18.7. The molecule has 0 aliphatic carbocycles. The van der Waals surface area contributed by atoms with Crippen molar-refractivity contribution in [2.45, 2.75) is 6.54 Å². The number of ether oxygens (including phenoxy) is 3. The maximum absolute atomic E-state index is 12.2. The number of anilines is 1. The summed E-state index contributed by atoms with van der Waals surface area (Å²) in [5, 5.41) is 2.91. The van der Waals surface area contributed by atoms with Gasteiger partial charge in [-0.2, -0.15) is 0 Å². The van der Waals surface area contributed by atoms with Gasteiger partial charge >= 0.3 is 0 Å². The molecule has 1 aliphatic heterocycles. The number of rotatable bonds is 8. The van der Waals surface area contributed by atoms with Gasteiger partial charge in [0.2, 0.25) is 5.91 Å². The second-order valence-electron chi connectivity index (χ2n) is 7.64. The molecule has 0 atom stereocenters. The SMILES string of the molecule is COc1ccccc1Oc1ccc(CNC(=O)C=Cc2ccc(N3CCOCC3)cc2)cc1. The average molecular weight is 445 g/mol. The first-order valence-corrected chi connectivity index (χ1v) is 11.0. The number of carbonyl (C=O) groups excluding carboxylic acids is 1. The van der Waals surface area contributed by atoms with Crippen molar-refractivity contribution in [3.63, 3.8) is 0 Å². The van der Waals surface area contributed by atoms with Crippen molar-refractivity contribution in [2.24, 2.45) is 0 Å². The van der Waals surface area contributed by atoms with Crippen LogP contribution in [0.5, 0.6) is 17.2 Å². The predicted octanol–water partition coefficient (Wildman–Crippen LogP) is 4.65. The molecular formula is C27H28N2O4. The standard InChI is InChI=1S/C27H28N2O4/c1-31-25-4-2-3-5-26(25)33-24-13-8-22(9-14-24)20-28-27(30)15-10-21-6-11-23(12-7-21)29-16-18-32-19-17-29/h2-15H,16-20H2,1H3,(H,28,30). The molecule has 4 rings (SSSR count). The summed E-state index contributed by atoms with van der Waals surface area (Å²) in [4.78, 5) is 14.5. The van der Waals surface area contributed by atoms with Gasteiger partial charge in [0.1, 0.15) is 5.75 Å². The van der Waals surface area contributed by atoms with Crippen molar-refractivity contribution in [1.82, 2.24) is 5.32 Å². The van der Waals surface area contributed by atoms with Crippen LogP contribution in [-0.4, -0.2) is 39.3 Å². The third-order valence-corrected chi connectivity index (χ3v) is 5.38. The Morgan fingerprint density at radius 2 is 1.67 bits per heavy atom. The maximum atomic E-state index is 12.2. The van der Waals surface area contributed by atoms with Gasteiger partial charge in [-0.15, -0.1) is 0 Å². The van der Waals surface area contributed by atoms with Gasteiger partial charge < -0.3 is 24.4 Å². The molecule has 0 saturated carbocycles. The van der Waals surface area contributed by atoms with Crippen LogP contribution in [0.1, 0.15) is 11.1 Å². The Balaban J connectivity index is 1.26. The van der Waals surface area contributed by atoms with E-state index in [2.05, 4.69) is 22.3 Å². The molecule has 0 spiro atoms. The second-order valence-corrected chi connectivity index (χ2v) is 7.64. The number of methoxy groups -OCH3 is 1. The summed E-state index contributed by atoms with van der Waals surface area (Å²) >= 11 is 0. The number of para-hydroxylation sites is 2. The normalized spacial score (nSPS) is 13.7. The fraction of sp³-hybridized carbons (Fsp3) is 0.222. The molecule has 0 radical (unpaired) electrons. The van der Waals surface area contributed by atoms with Gasteiger partial charge in [-0.3, -0.25) is 4.79 Å². The molecule has 1 aliphatic rings. The van der Waals surface area contributed by atoms with Crippen LogP contribution in [0.4, 0.5) is 5.69 Å². The molecule has 0 aromatic heterocycles. The van der Waals surface area contributed by atoms with E-state index in [-0.39, 0.29) is 5.91 Å². The molecule has 6 nitrogen and oxygen atoms in total. The number of hydrogen-bond donors (Lipinski definition) is 1. The van der Waals surface area contributed by atoms with E-state index in [9.17, 15) is 4.79 Å². The third kappa shape index (κ3) is 6.37. The Morgan fingerprint density at radius 3 is 2.36 bits per heavy atom. The molecule has 33 heavy (non-hydrogen) atoms. The van der Waals surface area contributed by atoms with Crippen molar-refractivity contribution in [2.75, 3.05) is 38.3 Å². The van der Waals surface area contributed by atoms with Crippen LogP contribution in [0.25, 0.3) is 6.08 Å². The molecule has 0 unspecified atom stereocenters. The first-order chi connectivity index (χ1) is 16.2. The largest absolute Gasteiger partial charge is 0.493 e. The van der Waals surface area contributed by atoms with E-state index < -0.39 is 0 Å². The van der Waals surface area contributed by atoms with E-state index in [0.29, 0.717) is 23.8 Å². The van der Waals surface area contributed by atoms with Gasteiger partial charge in [0.25, 0.3) is 0 Å². The minimum atomic E-state index is -0.137. The van der Waals surface area contributed by atoms with E-state index in [4.69, 9.17) is 14.2 Å². The van der Waals surface area contributed by atoms with Crippen molar-refractivity contribution in [3.05, 3.63) is 90.0 Å². The fourth-order valence-electron chi connectivity index (χ4n) is 3.54. The Labute approximate surface area is 194 Å². The number of amides is 1. The van der Waals surface area contributed by atoms with Gasteiger partial charge in [-0.25, -0.2) is 0 Å². The highest BCUT2D eigenvalue weighted by Gasteiger charge is 2.10. The highest BCUT2D eigenvalue weighted by molar-refractivity contribution is 5.91. The Hall–Kier alpha value is -3.77. The molecular weight excluding hydrogens is 416 g/mol. The summed E-state index contributed by atoms with van der Waals surface area (Å²) in [7, 11) is 1.61. The molecule has 1 N–H and O–H groups in total. The maximum Gasteiger partial charge on any atom is 0.244 e. The topological polar surface area (TPSA) is 60.0 Å². The Kier molecular flexibility index (Phi) is 7.61. The van der Waals surface area contributed by atoms with Crippen molar-refractivity contribution >= 4 is 17.7 Å². The van der Waals surface area contributed by atoms with Gasteiger partial charge in [0, 0.05) is 31.4 Å². The summed E-state index contributed by atoms with van der Waals surface area (Å²) < 4.78 is 16.6. The van der Waals surface area contributed by atoms with Gasteiger partial charge in [0.15, 0.2) is 11.5 Å². The zero-order valence-electron chi connectivity index (χ0n) is 18.7. The lowest BCUT2D eigenvalue weighted by atomic mass is 10.1. The van der Waals surface area contributed by atoms with Crippen LogP contribution in [-0.2, 0) is 16.1 Å². The number of hydrogen-bond acceptors (Lipinski definition) is 5. The highest BCUT2D eigenvalue weighted by Crippen LogP contribution is 2.30. The molecule has 3 aromatic carbocycles. The highest BCUT2D eigenvalue weighted by atomic mass is 16.5. The van der Waals surface area contributed by atoms with Crippen LogP contribution in [0.3, 0.4) is 0 Å². The van der Waals surface area contributed by atoms with Crippen molar-refractivity contribution in [1.29, 1.82) is 0 Å².